The fraction of sp³-hybridized carbons (Fsp3) is 0.318. The lowest BCUT2D eigenvalue weighted by molar-refractivity contribution is 0.0762. The summed E-state index contributed by atoms with van der Waals surface area (Å²) in [5, 5.41) is 11.4. The van der Waals surface area contributed by atoms with Crippen molar-refractivity contribution in [2.75, 3.05) is 27.2 Å². The van der Waals surface area contributed by atoms with E-state index in [1.54, 1.807) is 42.3 Å². The monoisotopic (exact) mass is 397 g/mol. The van der Waals surface area contributed by atoms with Crippen molar-refractivity contribution in [3.63, 3.8) is 0 Å². The molecule has 1 fully saturated rings. The van der Waals surface area contributed by atoms with Crippen molar-refractivity contribution in [1.29, 1.82) is 0 Å². The van der Waals surface area contributed by atoms with Gasteiger partial charge in [-0.15, -0.1) is 0 Å². The maximum absolute atomic E-state index is 13.4. The number of likely N-dealkylation sites (tertiary alicyclic amines) is 1. The predicted molar refractivity (Wildman–Crippen MR) is 108 cm³/mol. The Balaban J connectivity index is 1.43. The zero-order valence-corrected chi connectivity index (χ0v) is 16.4. The molecular formula is C22H24FN3O3. The Morgan fingerprint density at radius 1 is 1.24 bits per heavy atom. The maximum atomic E-state index is 13.4. The molecule has 7 heteroatoms. The van der Waals surface area contributed by atoms with Crippen LogP contribution in [0.2, 0.25) is 0 Å². The second kappa shape index (κ2) is 7.85. The second-order valence-electron chi connectivity index (χ2n) is 7.51. The van der Waals surface area contributed by atoms with Crippen LogP contribution < -0.4 is 4.74 Å². The van der Waals surface area contributed by atoms with Crippen LogP contribution in [0.25, 0.3) is 10.9 Å². The number of carbonyl (C=O) groups excluding carboxylic acids is 1. The molecule has 152 valence electrons. The number of carbonyl (C=O) groups is 1. The van der Waals surface area contributed by atoms with Gasteiger partial charge in [0.15, 0.2) is 0 Å². The zero-order valence-electron chi connectivity index (χ0n) is 16.4. The average Bonchev–Trinajstić information content (AvgIpc) is 3.29. The summed E-state index contributed by atoms with van der Waals surface area (Å²) in [4.78, 5) is 19.8. The first-order valence-electron chi connectivity index (χ1n) is 9.53. The molecule has 0 radical (unpaired) electrons. The van der Waals surface area contributed by atoms with Gasteiger partial charge in [-0.2, -0.15) is 0 Å². The van der Waals surface area contributed by atoms with Gasteiger partial charge in [0.25, 0.3) is 5.91 Å². The van der Waals surface area contributed by atoms with E-state index in [2.05, 4.69) is 4.98 Å². The SMILES string of the molecule is COc1ccc(C(=O)N2C[C@H](O)[C@@H](N(C)Cc3cc4cc(F)ccc4[nH]3)C2)cc1. The number of methoxy groups -OCH3 is 1. The number of aliphatic hydroxyl groups excluding tert-OH is 1. The van der Waals surface area contributed by atoms with E-state index in [1.807, 2.05) is 18.0 Å². The summed E-state index contributed by atoms with van der Waals surface area (Å²) >= 11 is 0. The van der Waals surface area contributed by atoms with E-state index in [9.17, 15) is 14.3 Å². The number of aliphatic hydroxyl groups is 1. The van der Waals surface area contributed by atoms with Gasteiger partial charge in [-0.3, -0.25) is 9.69 Å². The molecule has 0 bridgehead atoms. The number of aromatic amines is 1. The number of hydrogen-bond donors (Lipinski definition) is 2. The number of amides is 1. The number of benzene rings is 2. The summed E-state index contributed by atoms with van der Waals surface area (Å²) < 4.78 is 18.5. The van der Waals surface area contributed by atoms with Crippen molar-refractivity contribution in [1.82, 2.24) is 14.8 Å². The number of nitrogens with one attached hydrogen (secondary N) is 1. The van der Waals surface area contributed by atoms with Crippen molar-refractivity contribution in [2.45, 2.75) is 18.7 Å². The lowest BCUT2D eigenvalue weighted by atomic mass is 10.2. The number of nitrogens with zero attached hydrogens (tertiary/aromatic N) is 2. The van der Waals surface area contributed by atoms with E-state index < -0.39 is 6.10 Å². The molecule has 0 aliphatic carbocycles. The van der Waals surface area contributed by atoms with Gasteiger partial charge in [0.1, 0.15) is 11.6 Å². The highest BCUT2D eigenvalue weighted by atomic mass is 19.1. The Hall–Kier alpha value is -2.90. The number of halogens is 1. The molecule has 1 aliphatic heterocycles. The summed E-state index contributed by atoms with van der Waals surface area (Å²) in [7, 11) is 3.50. The molecule has 2 aromatic carbocycles. The molecule has 0 spiro atoms. The van der Waals surface area contributed by atoms with Crippen molar-refractivity contribution in [2.24, 2.45) is 0 Å². The Morgan fingerprint density at radius 2 is 2.00 bits per heavy atom. The molecule has 0 unspecified atom stereocenters. The molecule has 1 aromatic heterocycles. The van der Waals surface area contributed by atoms with E-state index in [4.69, 9.17) is 4.74 Å². The standard InChI is InChI=1S/C22H24FN3O3/c1-25(11-17-10-15-9-16(23)5-8-19(15)24-17)20-12-26(13-21(20)27)22(28)14-3-6-18(29-2)7-4-14/h3-10,20-21,24,27H,11-13H2,1-2H3/t20-,21-/m0/s1. The average molecular weight is 397 g/mol. The molecular weight excluding hydrogens is 373 g/mol. The van der Waals surface area contributed by atoms with Crippen molar-refractivity contribution < 1.29 is 19.0 Å². The molecule has 1 saturated heterocycles. The molecule has 2 atom stereocenters. The van der Waals surface area contributed by atoms with Crippen LogP contribution in [0.3, 0.4) is 0 Å². The van der Waals surface area contributed by atoms with E-state index in [-0.39, 0.29) is 24.3 Å². The molecule has 1 aliphatic rings. The van der Waals surface area contributed by atoms with Crippen molar-refractivity contribution in [3.8, 4) is 5.75 Å². The highest BCUT2D eigenvalue weighted by molar-refractivity contribution is 5.94. The minimum absolute atomic E-state index is 0.108. The molecule has 0 saturated carbocycles. The quantitative estimate of drug-likeness (QED) is 0.695. The van der Waals surface area contributed by atoms with Crippen molar-refractivity contribution in [3.05, 3.63) is 65.6 Å². The molecule has 29 heavy (non-hydrogen) atoms. The molecule has 4 rings (SSSR count). The van der Waals surface area contributed by atoms with Gasteiger partial charge >= 0.3 is 0 Å². The summed E-state index contributed by atoms with van der Waals surface area (Å²) in [6, 6.07) is 13.3. The Kier molecular flexibility index (Phi) is 5.25. The largest absolute Gasteiger partial charge is 0.497 e. The van der Waals surface area contributed by atoms with Crippen LogP contribution in [0.4, 0.5) is 4.39 Å². The van der Waals surface area contributed by atoms with Crippen LogP contribution in [0.15, 0.2) is 48.5 Å². The summed E-state index contributed by atoms with van der Waals surface area (Å²) in [5.41, 5.74) is 2.37. The van der Waals surface area contributed by atoms with Gasteiger partial charge in [0, 0.05) is 41.8 Å². The van der Waals surface area contributed by atoms with Crippen molar-refractivity contribution >= 4 is 16.8 Å². The third kappa shape index (κ3) is 3.97. The number of H-pyrrole nitrogens is 1. The van der Waals surface area contributed by atoms with Crippen LogP contribution in [0.1, 0.15) is 16.1 Å². The van der Waals surface area contributed by atoms with Crippen LogP contribution in [0, 0.1) is 5.82 Å². The first-order chi connectivity index (χ1) is 13.9. The number of β-amino-alcohol motifs (C(OH)–C–C–N with tert-alkyl or cyclic N) is 1. The van der Waals surface area contributed by atoms with E-state index in [1.165, 1.54) is 12.1 Å². The normalized spacial score (nSPS) is 19.3. The maximum Gasteiger partial charge on any atom is 0.254 e. The molecule has 2 N–H and O–H groups in total. The number of rotatable bonds is 5. The van der Waals surface area contributed by atoms with E-state index in [0.29, 0.717) is 24.4 Å². The van der Waals surface area contributed by atoms with E-state index in [0.717, 1.165) is 16.6 Å². The topological polar surface area (TPSA) is 68.8 Å². The molecule has 6 nitrogen and oxygen atoms in total. The third-order valence-electron chi connectivity index (χ3n) is 5.51. The highest BCUT2D eigenvalue weighted by Crippen LogP contribution is 2.22. The molecule has 2 heterocycles. The lowest BCUT2D eigenvalue weighted by Crippen LogP contribution is -2.40. The van der Waals surface area contributed by atoms with Crippen LogP contribution >= 0.6 is 0 Å². The van der Waals surface area contributed by atoms with Gasteiger partial charge in [0.05, 0.1) is 19.3 Å². The zero-order chi connectivity index (χ0) is 20.5. The fourth-order valence-electron chi connectivity index (χ4n) is 3.92. The van der Waals surface area contributed by atoms with Crippen LogP contribution in [-0.4, -0.2) is 65.2 Å². The number of fused-ring (bicyclic) bond motifs is 1. The summed E-state index contributed by atoms with van der Waals surface area (Å²) in [6.07, 6.45) is -0.635. The highest BCUT2D eigenvalue weighted by Gasteiger charge is 2.36. The molecule has 3 aromatic rings. The first-order valence-corrected chi connectivity index (χ1v) is 9.53. The summed E-state index contributed by atoms with van der Waals surface area (Å²) in [6.45, 7) is 1.29. The van der Waals surface area contributed by atoms with Gasteiger partial charge in [-0.1, -0.05) is 0 Å². The number of ether oxygens (including phenoxy) is 1. The smallest absolute Gasteiger partial charge is 0.254 e. The summed E-state index contributed by atoms with van der Waals surface area (Å²) in [5.74, 6) is 0.317. The first kappa shape index (κ1) is 19.4. The van der Waals surface area contributed by atoms with Gasteiger partial charge < -0.3 is 19.7 Å². The predicted octanol–water partition coefficient (Wildman–Crippen LogP) is 2.63. The minimum atomic E-state index is -0.635. The van der Waals surface area contributed by atoms with Gasteiger partial charge in [-0.05, 0) is 55.6 Å². The Morgan fingerprint density at radius 3 is 2.72 bits per heavy atom. The Labute approximate surface area is 168 Å². The second-order valence-corrected chi connectivity index (χ2v) is 7.51. The minimum Gasteiger partial charge on any atom is -0.497 e. The van der Waals surface area contributed by atoms with E-state index >= 15 is 0 Å². The number of likely N-dealkylation sites (N-methyl/N-ethyl adjacent to an activating group) is 1. The Bertz CT molecular complexity index is 1020. The van der Waals surface area contributed by atoms with Crippen LogP contribution in [-0.2, 0) is 6.54 Å². The number of hydrogen-bond acceptors (Lipinski definition) is 4. The van der Waals surface area contributed by atoms with Crippen LogP contribution in [0.5, 0.6) is 5.75 Å². The fourth-order valence-corrected chi connectivity index (χ4v) is 3.92. The molecule has 1 amide bonds. The van der Waals surface area contributed by atoms with Gasteiger partial charge in [0.2, 0.25) is 0 Å². The van der Waals surface area contributed by atoms with Gasteiger partial charge in [-0.25, -0.2) is 4.39 Å². The lowest BCUT2D eigenvalue weighted by Gasteiger charge is -2.25. The number of aromatic nitrogens is 1. The third-order valence-corrected chi connectivity index (χ3v) is 5.51.